The van der Waals surface area contributed by atoms with Crippen LogP contribution in [0.5, 0.6) is 0 Å². The van der Waals surface area contributed by atoms with Gasteiger partial charge in [0, 0.05) is 50.3 Å². The normalized spacial score (nSPS) is 11.8. The van der Waals surface area contributed by atoms with Crippen LogP contribution in [0.15, 0.2) is 167 Å². The quantitative estimate of drug-likeness (QED) is 0.168. The highest BCUT2D eigenvalue weighted by molar-refractivity contribution is 6.24. The van der Waals surface area contributed by atoms with E-state index in [1.807, 2.05) is 0 Å². The van der Waals surface area contributed by atoms with Gasteiger partial charge in [0.2, 0.25) is 0 Å². The van der Waals surface area contributed by atoms with Gasteiger partial charge in [0.25, 0.3) is 0 Å². The Kier molecular flexibility index (Phi) is 8.15. The number of nitrogens with zero attached hydrogens (tertiary/aromatic N) is 2. The van der Waals surface area contributed by atoms with Crippen molar-refractivity contribution < 1.29 is 8.83 Å². The van der Waals surface area contributed by atoms with Crippen LogP contribution in [0.25, 0.3) is 65.4 Å². The van der Waals surface area contributed by atoms with Crippen molar-refractivity contribution >= 4 is 99.5 Å². The van der Waals surface area contributed by atoms with Crippen LogP contribution in [0, 0.1) is 41.5 Å². The number of furan rings is 2. The van der Waals surface area contributed by atoms with Crippen molar-refractivity contribution in [3.63, 3.8) is 0 Å². The van der Waals surface area contributed by atoms with Crippen molar-refractivity contribution in [2.24, 2.45) is 0 Å². The Hall–Kier alpha value is -7.30. The van der Waals surface area contributed by atoms with Gasteiger partial charge >= 0.3 is 0 Å². The molecule has 0 aliphatic rings. The van der Waals surface area contributed by atoms with E-state index in [0.717, 1.165) is 82.8 Å². The molecule has 4 nitrogen and oxygen atoms in total. The van der Waals surface area contributed by atoms with E-state index >= 15 is 0 Å². The molecular weight excluding hydrogens is 733 g/mol. The van der Waals surface area contributed by atoms with Gasteiger partial charge < -0.3 is 18.6 Å². The van der Waals surface area contributed by atoms with Crippen LogP contribution < -0.4 is 9.80 Å². The molecule has 0 aliphatic carbocycles. The standard InChI is InChI=1S/C56H44N2O2/c1-33-9-17-43(18-10-33)57(50-25-35(3)7-13-37(50)5)45-21-15-39-29-48-47-23-24-52-55(56(47)60-53(48)31-41(39)27-45)49-30-40-16-22-46(28-42(40)32-54(49)59-52)58(44-19-11-34(2)12-20-44)51-26-36(4)8-14-38(51)6/h7-32H,1-6H3. The van der Waals surface area contributed by atoms with Crippen molar-refractivity contribution in [2.75, 3.05) is 9.80 Å². The Bertz CT molecular complexity index is 3500. The van der Waals surface area contributed by atoms with E-state index in [4.69, 9.17) is 8.83 Å². The molecule has 2 heterocycles. The molecule has 0 atom stereocenters. The zero-order chi connectivity index (χ0) is 40.8. The minimum Gasteiger partial charge on any atom is -0.456 e. The lowest BCUT2D eigenvalue weighted by molar-refractivity contribution is 0.663. The number of benzene rings is 9. The largest absolute Gasteiger partial charge is 0.456 e. The Morgan fingerprint density at radius 3 is 1.32 bits per heavy atom. The number of hydrogen-bond donors (Lipinski definition) is 0. The fraction of sp³-hybridized carbons (Fsp3) is 0.107. The molecular formula is C56H44N2O2. The number of fused-ring (bicyclic) bond motifs is 9. The summed E-state index contributed by atoms with van der Waals surface area (Å²) in [4.78, 5) is 4.72. The first-order valence-electron chi connectivity index (χ1n) is 20.7. The van der Waals surface area contributed by atoms with Crippen LogP contribution in [0.4, 0.5) is 34.1 Å². The molecule has 0 radical (unpaired) electrons. The van der Waals surface area contributed by atoms with Gasteiger partial charge in [0.15, 0.2) is 0 Å². The molecule has 0 aliphatic heterocycles. The molecule has 0 bridgehead atoms. The summed E-state index contributed by atoms with van der Waals surface area (Å²) in [5, 5.41) is 8.79. The molecule has 0 spiro atoms. The van der Waals surface area contributed by atoms with E-state index in [2.05, 4.69) is 209 Å². The molecule has 0 amide bonds. The minimum absolute atomic E-state index is 0.817. The predicted molar refractivity (Wildman–Crippen MR) is 254 cm³/mol. The minimum atomic E-state index is 0.817. The molecule has 0 unspecified atom stereocenters. The third kappa shape index (κ3) is 5.90. The summed E-state index contributed by atoms with van der Waals surface area (Å²) in [6.07, 6.45) is 0. The average molecular weight is 777 g/mol. The summed E-state index contributed by atoms with van der Waals surface area (Å²) in [7, 11) is 0. The molecule has 2 aromatic heterocycles. The Labute approximate surface area is 349 Å². The van der Waals surface area contributed by atoms with Crippen LogP contribution in [0.3, 0.4) is 0 Å². The van der Waals surface area contributed by atoms with E-state index in [-0.39, 0.29) is 0 Å². The fourth-order valence-corrected chi connectivity index (χ4v) is 9.00. The fourth-order valence-electron chi connectivity index (χ4n) is 9.00. The topological polar surface area (TPSA) is 32.8 Å². The van der Waals surface area contributed by atoms with Gasteiger partial charge in [-0.15, -0.1) is 0 Å². The molecule has 0 saturated heterocycles. The number of hydrogen-bond acceptors (Lipinski definition) is 4. The van der Waals surface area contributed by atoms with E-state index in [1.165, 1.54) is 50.1 Å². The smallest absolute Gasteiger partial charge is 0.147 e. The highest BCUT2D eigenvalue weighted by atomic mass is 16.3. The highest BCUT2D eigenvalue weighted by Crippen LogP contribution is 2.44. The van der Waals surface area contributed by atoms with Gasteiger partial charge in [-0.2, -0.15) is 0 Å². The highest BCUT2D eigenvalue weighted by Gasteiger charge is 2.21. The molecule has 11 aromatic rings. The van der Waals surface area contributed by atoms with Crippen LogP contribution in [-0.4, -0.2) is 0 Å². The zero-order valence-electron chi connectivity index (χ0n) is 34.7. The Balaban J connectivity index is 1.04. The van der Waals surface area contributed by atoms with E-state index in [0.29, 0.717) is 0 Å². The molecule has 0 saturated carbocycles. The molecule has 290 valence electrons. The third-order valence-electron chi connectivity index (χ3n) is 12.3. The monoisotopic (exact) mass is 776 g/mol. The lowest BCUT2D eigenvalue weighted by Crippen LogP contribution is -2.11. The van der Waals surface area contributed by atoms with Crippen molar-refractivity contribution in [2.45, 2.75) is 41.5 Å². The summed E-state index contributed by atoms with van der Waals surface area (Å²) < 4.78 is 13.5. The number of aryl methyl sites for hydroxylation is 6. The first-order valence-corrected chi connectivity index (χ1v) is 20.7. The van der Waals surface area contributed by atoms with Gasteiger partial charge in [0.1, 0.15) is 22.3 Å². The van der Waals surface area contributed by atoms with Gasteiger partial charge in [-0.1, -0.05) is 71.8 Å². The van der Waals surface area contributed by atoms with Gasteiger partial charge in [-0.05, 0) is 182 Å². The SMILES string of the molecule is Cc1ccc(N(c2ccc3cc4c(cc3c2)oc2c4ccc3oc4cc5cc(N(c6ccc(C)cc6)c6cc(C)ccc6C)ccc5cc4c32)c2cc(C)ccc2C)cc1. The lowest BCUT2D eigenvalue weighted by Gasteiger charge is -2.28. The van der Waals surface area contributed by atoms with Crippen molar-refractivity contribution in [3.05, 3.63) is 191 Å². The zero-order valence-corrected chi connectivity index (χ0v) is 34.7. The second kappa shape index (κ2) is 13.6. The maximum absolute atomic E-state index is 6.87. The molecule has 9 aromatic carbocycles. The molecule has 0 fully saturated rings. The molecule has 60 heavy (non-hydrogen) atoms. The summed E-state index contributed by atoms with van der Waals surface area (Å²) in [6.45, 7) is 12.9. The first-order chi connectivity index (χ1) is 29.1. The predicted octanol–water partition coefficient (Wildman–Crippen LogP) is 16.6. The van der Waals surface area contributed by atoms with Gasteiger partial charge in [-0.3, -0.25) is 0 Å². The second-order valence-corrected chi connectivity index (χ2v) is 16.7. The van der Waals surface area contributed by atoms with Crippen molar-refractivity contribution in [3.8, 4) is 0 Å². The first kappa shape index (κ1) is 35.8. The Morgan fingerprint density at radius 2 is 0.783 bits per heavy atom. The number of rotatable bonds is 6. The maximum Gasteiger partial charge on any atom is 0.147 e. The van der Waals surface area contributed by atoms with Gasteiger partial charge in [0.05, 0.1) is 5.39 Å². The van der Waals surface area contributed by atoms with Crippen molar-refractivity contribution in [1.82, 2.24) is 0 Å². The number of anilines is 6. The summed E-state index contributed by atoms with van der Waals surface area (Å²) in [6, 6.07) is 57.5. The summed E-state index contributed by atoms with van der Waals surface area (Å²) in [5.74, 6) is 0. The van der Waals surface area contributed by atoms with E-state index < -0.39 is 0 Å². The Morgan fingerprint density at radius 1 is 0.317 bits per heavy atom. The summed E-state index contributed by atoms with van der Waals surface area (Å²) in [5.41, 5.74) is 17.5. The average Bonchev–Trinajstić information content (AvgIpc) is 3.80. The second-order valence-electron chi connectivity index (χ2n) is 16.7. The van der Waals surface area contributed by atoms with Crippen LogP contribution in [0.2, 0.25) is 0 Å². The van der Waals surface area contributed by atoms with E-state index in [9.17, 15) is 0 Å². The van der Waals surface area contributed by atoms with E-state index in [1.54, 1.807) is 0 Å². The van der Waals surface area contributed by atoms with Crippen LogP contribution in [-0.2, 0) is 0 Å². The van der Waals surface area contributed by atoms with Crippen LogP contribution in [0.1, 0.15) is 33.4 Å². The van der Waals surface area contributed by atoms with Crippen LogP contribution >= 0.6 is 0 Å². The maximum atomic E-state index is 6.87. The lowest BCUT2D eigenvalue weighted by atomic mass is 10.0. The third-order valence-corrected chi connectivity index (χ3v) is 12.3. The van der Waals surface area contributed by atoms with Crippen molar-refractivity contribution in [1.29, 1.82) is 0 Å². The van der Waals surface area contributed by atoms with Gasteiger partial charge in [-0.25, -0.2) is 0 Å². The molecule has 11 rings (SSSR count). The summed E-state index contributed by atoms with van der Waals surface area (Å²) >= 11 is 0. The molecule has 4 heteroatoms. The molecule has 0 N–H and O–H groups in total.